The van der Waals surface area contributed by atoms with E-state index in [1.54, 1.807) is 0 Å². The van der Waals surface area contributed by atoms with Gasteiger partial charge in [0.1, 0.15) is 23.6 Å². The summed E-state index contributed by atoms with van der Waals surface area (Å²) in [7, 11) is 0. The van der Waals surface area contributed by atoms with Crippen LogP contribution in [-0.2, 0) is 9.59 Å². The largest absolute Gasteiger partial charge is 0.512 e. The molecule has 0 radical (unpaired) electrons. The summed E-state index contributed by atoms with van der Waals surface area (Å²) in [6.07, 6.45) is 2.84. The number of rotatable bonds is 6. The number of hydrogen-bond donors (Lipinski definition) is 2. The normalized spacial score (nSPS) is 18.6. The van der Waals surface area contributed by atoms with Crippen LogP contribution in [0, 0.1) is 27.7 Å². The highest BCUT2D eigenvalue weighted by molar-refractivity contribution is 6.13. The number of allylic oxidation sites excluding steroid dienone is 4. The van der Waals surface area contributed by atoms with E-state index in [0.717, 1.165) is 44.5 Å². The van der Waals surface area contributed by atoms with Crippen molar-refractivity contribution in [3.8, 4) is 11.1 Å². The van der Waals surface area contributed by atoms with Gasteiger partial charge >= 0.3 is 0 Å². The highest BCUT2D eigenvalue weighted by atomic mass is 16.3. The van der Waals surface area contributed by atoms with Gasteiger partial charge in [0.2, 0.25) is 0 Å². The van der Waals surface area contributed by atoms with Crippen molar-refractivity contribution in [2.45, 2.75) is 67.5 Å². The molecular weight excluding hydrogens is 452 g/mol. The number of aryl methyl sites for hydroxylation is 4. The van der Waals surface area contributed by atoms with E-state index in [9.17, 15) is 19.8 Å². The molecule has 188 valence electrons. The molecule has 0 bridgehead atoms. The first kappa shape index (κ1) is 26.8. The van der Waals surface area contributed by atoms with E-state index in [1.807, 2.05) is 13.8 Å². The molecule has 0 saturated heterocycles. The number of benzene rings is 2. The summed E-state index contributed by atoms with van der Waals surface area (Å²) in [5.41, 5.74) is 8.63. The first-order valence-electron chi connectivity index (χ1n) is 11.9. The number of carbonyl (C=O) groups excluding carboxylic acids is 2. The topological polar surface area (TPSA) is 99.3 Å². The van der Waals surface area contributed by atoms with Crippen molar-refractivity contribution in [2.75, 3.05) is 0 Å². The summed E-state index contributed by atoms with van der Waals surface area (Å²) < 4.78 is 0. The molecular formula is C30H34N2O4. The maximum Gasteiger partial charge on any atom is 0.164 e. The molecule has 1 aliphatic rings. The first-order valence-corrected chi connectivity index (χ1v) is 11.9. The van der Waals surface area contributed by atoms with Crippen LogP contribution >= 0.6 is 0 Å². The zero-order valence-corrected chi connectivity index (χ0v) is 22.2. The fourth-order valence-electron chi connectivity index (χ4n) is 5.00. The van der Waals surface area contributed by atoms with Crippen LogP contribution in [-0.4, -0.2) is 34.2 Å². The molecule has 2 aromatic rings. The van der Waals surface area contributed by atoms with Crippen LogP contribution < -0.4 is 0 Å². The number of Topliss-reactive ketones (excluding diaryl/α,β-unsaturated/α-hetero) is 2. The molecule has 6 nitrogen and oxygen atoms in total. The number of fused-ring (bicyclic) bond motifs is 3. The van der Waals surface area contributed by atoms with Crippen molar-refractivity contribution in [3.63, 3.8) is 0 Å². The maximum atomic E-state index is 12.1. The Balaban J connectivity index is 2.39. The number of aliphatic imine (C=N–C) groups is 2. The van der Waals surface area contributed by atoms with Crippen molar-refractivity contribution in [2.24, 2.45) is 9.98 Å². The Kier molecular flexibility index (Phi) is 7.77. The van der Waals surface area contributed by atoms with Gasteiger partial charge in [-0.15, -0.1) is 0 Å². The minimum Gasteiger partial charge on any atom is -0.512 e. The van der Waals surface area contributed by atoms with Crippen molar-refractivity contribution in [1.29, 1.82) is 0 Å². The monoisotopic (exact) mass is 486 g/mol. The Morgan fingerprint density at radius 3 is 1.28 bits per heavy atom. The smallest absolute Gasteiger partial charge is 0.164 e. The molecule has 2 atom stereocenters. The first-order chi connectivity index (χ1) is 16.8. The van der Waals surface area contributed by atoms with Crippen molar-refractivity contribution < 1.29 is 19.8 Å². The standard InChI is InChI=1S/C30H34N2O4/c1-15-9-17(3)27-23(11-15)24-12-16(2)10-18(4)28(24)30(32-14-26(21(7)35)22(8)36)29(27)31-13-25(19(5)33)20(6)34/h9-14,29-30,33,35H,1-8H3/b25-19-,26-21-,31-13?,32-14?/t29-,30-/m1/s1. The number of aliphatic hydroxyl groups is 2. The van der Waals surface area contributed by atoms with E-state index in [1.165, 1.54) is 40.1 Å². The molecule has 0 amide bonds. The Morgan fingerprint density at radius 2 is 1.00 bits per heavy atom. The molecule has 36 heavy (non-hydrogen) atoms. The van der Waals surface area contributed by atoms with Gasteiger partial charge in [-0.3, -0.25) is 19.6 Å². The van der Waals surface area contributed by atoms with Crippen LogP contribution in [0.3, 0.4) is 0 Å². The number of nitrogens with zero attached hydrogens (tertiary/aromatic N) is 2. The van der Waals surface area contributed by atoms with Crippen molar-refractivity contribution in [1.82, 2.24) is 0 Å². The van der Waals surface area contributed by atoms with Crippen LogP contribution in [0.4, 0.5) is 0 Å². The minimum atomic E-state index is -0.522. The minimum absolute atomic E-state index is 0.104. The fraction of sp³-hybridized carbons (Fsp3) is 0.333. The predicted octanol–water partition coefficient (Wildman–Crippen LogP) is 6.67. The molecule has 0 aliphatic heterocycles. The van der Waals surface area contributed by atoms with Gasteiger partial charge in [-0.1, -0.05) is 35.4 Å². The van der Waals surface area contributed by atoms with E-state index < -0.39 is 12.1 Å². The Hall–Kier alpha value is -3.80. The van der Waals surface area contributed by atoms with Gasteiger partial charge in [-0.25, -0.2) is 0 Å². The second-order valence-corrected chi connectivity index (χ2v) is 9.64. The SMILES string of the molecule is CC(=O)/C(C=N[C@@H]1c2c(C)cc(C)cc2-c2cc(C)cc(C)c2[C@H]1N=C/C(C(C)=O)=C(\C)O)=C(/C)O. The predicted molar refractivity (Wildman–Crippen MR) is 145 cm³/mol. The molecule has 3 rings (SSSR count). The van der Waals surface area contributed by atoms with Gasteiger partial charge in [-0.05, 0) is 88.8 Å². The third-order valence-electron chi connectivity index (χ3n) is 6.51. The summed E-state index contributed by atoms with van der Waals surface area (Å²) in [4.78, 5) is 33.9. The molecule has 0 saturated carbocycles. The molecule has 0 unspecified atom stereocenters. The summed E-state index contributed by atoms with van der Waals surface area (Å²) in [5, 5.41) is 20.1. The fourth-order valence-corrected chi connectivity index (χ4v) is 5.00. The second kappa shape index (κ2) is 10.4. The lowest BCUT2D eigenvalue weighted by atomic mass is 9.75. The quantitative estimate of drug-likeness (QED) is 0.271. The lowest BCUT2D eigenvalue weighted by Crippen LogP contribution is -2.19. The van der Waals surface area contributed by atoms with Crippen molar-refractivity contribution >= 4 is 24.0 Å². The Bertz CT molecular complexity index is 1260. The van der Waals surface area contributed by atoms with Gasteiger partial charge in [0.05, 0.1) is 11.1 Å². The highest BCUT2D eigenvalue weighted by Gasteiger charge is 2.36. The van der Waals surface area contributed by atoms with Crippen LogP contribution in [0.1, 0.15) is 73.2 Å². The maximum absolute atomic E-state index is 12.1. The number of aliphatic hydroxyl groups excluding tert-OH is 2. The summed E-state index contributed by atoms with van der Waals surface area (Å²) in [6, 6.07) is 7.42. The molecule has 2 N–H and O–H groups in total. The summed E-state index contributed by atoms with van der Waals surface area (Å²) in [5.74, 6) is -0.790. The molecule has 0 spiro atoms. The summed E-state index contributed by atoms with van der Waals surface area (Å²) >= 11 is 0. The molecule has 0 aromatic heterocycles. The van der Waals surface area contributed by atoms with E-state index in [0.29, 0.717) is 0 Å². The second-order valence-electron chi connectivity index (χ2n) is 9.64. The zero-order valence-electron chi connectivity index (χ0n) is 22.2. The van der Waals surface area contributed by atoms with E-state index >= 15 is 0 Å². The Labute approximate surface area is 212 Å². The van der Waals surface area contributed by atoms with Gasteiger partial charge in [0.15, 0.2) is 11.6 Å². The number of ketones is 2. The van der Waals surface area contributed by atoms with Crippen molar-refractivity contribution in [3.05, 3.63) is 80.3 Å². The lowest BCUT2D eigenvalue weighted by molar-refractivity contribution is -0.114. The highest BCUT2D eigenvalue weighted by Crippen LogP contribution is 2.51. The van der Waals surface area contributed by atoms with E-state index in [4.69, 9.17) is 9.98 Å². The average Bonchev–Trinajstić information content (AvgIpc) is 2.73. The molecule has 1 aliphatic carbocycles. The third-order valence-corrected chi connectivity index (χ3v) is 6.51. The van der Waals surface area contributed by atoms with E-state index in [2.05, 4.69) is 38.1 Å². The Morgan fingerprint density at radius 1 is 0.667 bits per heavy atom. The van der Waals surface area contributed by atoms with Crippen LogP contribution in [0.5, 0.6) is 0 Å². The van der Waals surface area contributed by atoms with Gasteiger partial charge in [-0.2, -0.15) is 0 Å². The van der Waals surface area contributed by atoms with Gasteiger partial charge < -0.3 is 10.2 Å². The molecule has 6 heteroatoms. The van der Waals surface area contributed by atoms with E-state index in [-0.39, 0.29) is 34.2 Å². The number of hydrogen-bond acceptors (Lipinski definition) is 6. The summed E-state index contributed by atoms with van der Waals surface area (Å²) in [6.45, 7) is 13.8. The van der Waals surface area contributed by atoms with Gasteiger partial charge in [0, 0.05) is 12.4 Å². The molecule has 0 heterocycles. The third kappa shape index (κ3) is 5.23. The van der Waals surface area contributed by atoms with Crippen LogP contribution in [0.15, 0.2) is 56.9 Å². The molecule has 0 fully saturated rings. The van der Waals surface area contributed by atoms with Crippen LogP contribution in [0.2, 0.25) is 0 Å². The zero-order chi connectivity index (χ0) is 26.9. The average molecular weight is 487 g/mol. The lowest BCUT2D eigenvalue weighted by Gasteiger charge is -2.34. The van der Waals surface area contributed by atoms with Gasteiger partial charge in [0.25, 0.3) is 0 Å². The van der Waals surface area contributed by atoms with Crippen LogP contribution in [0.25, 0.3) is 11.1 Å². The number of carbonyl (C=O) groups is 2. The molecule has 2 aromatic carbocycles.